The van der Waals surface area contributed by atoms with Crippen molar-refractivity contribution in [2.45, 2.75) is 65.8 Å². The molecule has 0 saturated carbocycles. The van der Waals surface area contributed by atoms with Crippen molar-refractivity contribution in [1.29, 1.82) is 0 Å². The Balaban J connectivity index is 4.08. The number of carboxylic acids is 1. The van der Waals surface area contributed by atoms with Crippen molar-refractivity contribution in [1.82, 2.24) is 5.32 Å². The average molecular weight is 243 g/mol. The molecule has 1 atom stereocenters. The molecule has 0 aromatic carbocycles. The maximum atomic E-state index is 11.3. The van der Waals surface area contributed by atoms with Crippen molar-refractivity contribution in [3.63, 3.8) is 0 Å². The number of hydrogen-bond acceptors (Lipinski definition) is 2. The van der Waals surface area contributed by atoms with Gasteiger partial charge < -0.3 is 10.4 Å². The smallest absolute Gasteiger partial charge is 0.323 e. The minimum atomic E-state index is -0.763. The third-order valence-electron chi connectivity index (χ3n) is 3.17. The summed E-state index contributed by atoms with van der Waals surface area (Å²) in [6, 6.07) is 0. The predicted octanol–water partition coefficient (Wildman–Crippen LogP) is 3.29. The molecule has 3 nitrogen and oxygen atoms in total. The Morgan fingerprint density at radius 1 is 1.18 bits per heavy atom. The van der Waals surface area contributed by atoms with E-state index in [1.165, 1.54) is 0 Å². The molecular formula is C14H29NO2. The Kier molecular flexibility index (Phi) is 7.44. The van der Waals surface area contributed by atoms with Gasteiger partial charge in [-0.3, -0.25) is 4.79 Å². The van der Waals surface area contributed by atoms with E-state index >= 15 is 0 Å². The maximum Gasteiger partial charge on any atom is 0.323 e. The highest BCUT2D eigenvalue weighted by Crippen LogP contribution is 2.17. The second kappa shape index (κ2) is 7.70. The van der Waals surface area contributed by atoms with Crippen LogP contribution < -0.4 is 5.32 Å². The highest BCUT2D eigenvalue weighted by atomic mass is 16.4. The minimum absolute atomic E-state index is 0.547. The molecule has 102 valence electrons. The van der Waals surface area contributed by atoms with Crippen LogP contribution >= 0.6 is 0 Å². The third-order valence-corrected chi connectivity index (χ3v) is 3.17. The Labute approximate surface area is 106 Å². The summed E-state index contributed by atoms with van der Waals surface area (Å²) in [5.41, 5.74) is -0.763. The first kappa shape index (κ1) is 16.4. The molecule has 0 aliphatic heterocycles. The fourth-order valence-corrected chi connectivity index (χ4v) is 1.72. The van der Waals surface area contributed by atoms with Crippen LogP contribution in [0.1, 0.15) is 60.3 Å². The van der Waals surface area contributed by atoms with Gasteiger partial charge in [0.25, 0.3) is 0 Å². The zero-order chi connectivity index (χ0) is 13.5. The van der Waals surface area contributed by atoms with Crippen LogP contribution in [0.5, 0.6) is 0 Å². The monoisotopic (exact) mass is 243 g/mol. The van der Waals surface area contributed by atoms with Crippen molar-refractivity contribution >= 4 is 5.97 Å². The Bertz CT molecular complexity index is 226. The molecule has 0 amide bonds. The van der Waals surface area contributed by atoms with Crippen molar-refractivity contribution in [2.24, 2.45) is 11.8 Å². The maximum absolute atomic E-state index is 11.3. The van der Waals surface area contributed by atoms with Crippen LogP contribution in [0.4, 0.5) is 0 Å². The number of nitrogens with one attached hydrogen (secondary N) is 1. The van der Waals surface area contributed by atoms with Crippen LogP contribution in [0.15, 0.2) is 0 Å². The second-order valence-electron chi connectivity index (χ2n) is 6.03. The van der Waals surface area contributed by atoms with E-state index in [1.807, 2.05) is 0 Å². The van der Waals surface area contributed by atoms with E-state index in [2.05, 4.69) is 33.0 Å². The number of carbonyl (C=O) groups is 1. The lowest BCUT2D eigenvalue weighted by Gasteiger charge is -2.27. The lowest BCUT2D eigenvalue weighted by atomic mass is 9.91. The molecule has 0 bridgehead atoms. The summed E-state index contributed by atoms with van der Waals surface area (Å²) in [6.45, 7) is 11.2. The molecule has 0 aromatic rings. The predicted molar refractivity (Wildman–Crippen MR) is 72.2 cm³/mol. The molecule has 0 fully saturated rings. The van der Waals surface area contributed by atoms with E-state index in [9.17, 15) is 9.90 Å². The lowest BCUT2D eigenvalue weighted by Crippen LogP contribution is -2.50. The molecule has 0 radical (unpaired) electrons. The summed E-state index contributed by atoms with van der Waals surface area (Å²) in [5.74, 6) is 0.498. The fraction of sp³-hybridized carbons (Fsp3) is 0.929. The highest BCUT2D eigenvalue weighted by molar-refractivity contribution is 5.78. The van der Waals surface area contributed by atoms with Crippen LogP contribution in [0.3, 0.4) is 0 Å². The van der Waals surface area contributed by atoms with Crippen molar-refractivity contribution in [3.8, 4) is 0 Å². The Morgan fingerprint density at radius 2 is 1.71 bits per heavy atom. The van der Waals surface area contributed by atoms with Gasteiger partial charge in [-0.1, -0.05) is 27.7 Å². The van der Waals surface area contributed by atoms with Crippen LogP contribution in [0, 0.1) is 11.8 Å². The molecule has 0 aliphatic rings. The van der Waals surface area contributed by atoms with Crippen molar-refractivity contribution in [3.05, 3.63) is 0 Å². The summed E-state index contributed by atoms with van der Waals surface area (Å²) in [7, 11) is 0. The number of aliphatic carboxylic acids is 1. The summed E-state index contributed by atoms with van der Waals surface area (Å²) in [6.07, 6.45) is 3.83. The fourth-order valence-electron chi connectivity index (χ4n) is 1.72. The summed E-state index contributed by atoms with van der Waals surface area (Å²) in [5, 5.41) is 12.5. The second-order valence-corrected chi connectivity index (χ2v) is 6.03. The van der Waals surface area contributed by atoms with E-state index in [0.717, 1.165) is 25.8 Å². The SMILES string of the molecule is CC(C)CCCNC(C)(CCC(C)C)C(=O)O. The van der Waals surface area contributed by atoms with Crippen LogP contribution in [0.2, 0.25) is 0 Å². The lowest BCUT2D eigenvalue weighted by molar-refractivity contribution is -0.144. The van der Waals surface area contributed by atoms with Gasteiger partial charge in [-0.25, -0.2) is 0 Å². The van der Waals surface area contributed by atoms with Gasteiger partial charge in [0.15, 0.2) is 0 Å². The standard InChI is InChI=1S/C14H29NO2/c1-11(2)7-6-10-15-14(5,13(16)17)9-8-12(3)4/h11-12,15H,6-10H2,1-5H3,(H,16,17). The molecule has 1 unspecified atom stereocenters. The molecule has 0 saturated heterocycles. The van der Waals surface area contributed by atoms with Crippen LogP contribution in [-0.2, 0) is 4.79 Å². The molecule has 0 spiro atoms. The van der Waals surface area contributed by atoms with Gasteiger partial charge in [-0.15, -0.1) is 0 Å². The molecule has 0 aromatic heterocycles. The number of carboxylic acid groups (broad SMARTS) is 1. The number of hydrogen-bond donors (Lipinski definition) is 2. The zero-order valence-electron chi connectivity index (χ0n) is 12.0. The Morgan fingerprint density at radius 3 is 2.12 bits per heavy atom. The zero-order valence-corrected chi connectivity index (χ0v) is 12.0. The first-order chi connectivity index (χ1) is 7.78. The summed E-state index contributed by atoms with van der Waals surface area (Å²) < 4.78 is 0. The van der Waals surface area contributed by atoms with Gasteiger partial charge in [0.05, 0.1) is 0 Å². The van der Waals surface area contributed by atoms with Crippen LogP contribution in [-0.4, -0.2) is 23.2 Å². The molecule has 3 heteroatoms. The molecular weight excluding hydrogens is 214 g/mol. The average Bonchev–Trinajstić information content (AvgIpc) is 2.21. The van der Waals surface area contributed by atoms with Gasteiger partial charge in [0, 0.05) is 0 Å². The minimum Gasteiger partial charge on any atom is -0.480 e. The summed E-state index contributed by atoms with van der Waals surface area (Å²) >= 11 is 0. The normalized spacial score (nSPS) is 15.2. The van der Waals surface area contributed by atoms with Gasteiger partial charge in [-0.05, 0) is 51.0 Å². The van der Waals surface area contributed by atoms with E-state index in [1.54, 1.807) is 6.92 Å². The molecule has 2 N–H and O–H groups in total. The molecule has 0 heterocycles. The molecule has 17 heavy (non-hydrogen) atoms. The van der Waals surface area contributed by atoms with Crippen LogP contribution in [0.25, 0.3) is 0 Å². The molecule has 0 aliphatic carbocycles. The third kappa shape index (κ3) is 7.37. The van der Waals surface area contributed by atoms with Crippen molar-refractivity contribution in [2.75, 3.05) is 6.54 Å². The first-order valence-electron chi connectivity index (χ1n) is 6.76. The van der Waals surface area contributed by atoms with E-state index < -0.39 is 11.5 Å². The topological polar surface area (TPSA) is 49.3 Å². The van der Waals surface area contributed by atoms with E-state index in [4.69, 9.17) is 0 Å². The highest BCUT2D eigenvalue weighted by Gasteiger charge is 2.31. The van der Waals surface area contributed by atoms with Crippen molar-refractivity contribution < 1.29 is 9.90 Å². The quantitative estimate of drug-likeness (QED) is 0.611. The van der Waals surface area contributed by atoms with Gasteiger partial charge in [0.1, 0.15) is 5.54 Å². The number of rotatable bonds is 9. The molecule has 0 rings (SSSR count). The van der Waals surface area contributed by atoms with Gasteiger partial charge in [0.2, 0.25) is 0 Å². The van der Waals surface area contributed by atoms with E-state index in [-0.39, 0.29) is 0 Å². The summed E-state index contributed by atoms with van der Waals surface area (Å²) in [4.78, 5) is 11.3. The van der Waals surface area contributed by atoms with Gasteiger partial charge >= 0.3 is 5.97 Å². The van der Waals surface area contributed by atoms with E-state index in [0.29, 0.717) is 18.3 Å². The largest absolute Gasteiger partial charge is 0.480 e. The Hall–Kier alpha value is -0.570. The first-order valence-corrected chi connectivity index (χ1v) is 6.76. The van der Waals surface area contributed by atoms with Gasteiger partial charge in [-0.2, -0.15) is 0 Å².